The van der Waals surface area contributed by atoms with Crippen molar-refractivity contribution in [2.45, 2.75) is 86.6 Å². The van der Waals surface area contributed by atoms with Crippen molar-refractivity contribution in [2.75, 3.05) is 32.7 Å². The van der Waals surface area contributed by atoms with Crippen LogP contribution in [0.25, 0.3) is 0 Å². The molecule has 2 aliphatic rings. The third-order valence-corrected chi connectivity index (χ3v) is 4.18. The number of piperidine rings is 1. The average Bonchev–Trinajstić information content (AvgIpc) is 2.78. The van der Waals surface area contributed by atoms with Gasteiger partial charge in [-0.2, -0.15) is 0 Å². The molecule has 0 spiro atoms. The molecule has 0 radical (unpaired) electrons. The van der Waals surface area contributed by atoms with Gasteiger partial charge in [-0.1, -0.05) is 66.9 Å². The maximum absolute atomic E-state index is 9.92. The molecule has 1 saturated heterocycles. The van der Waals surface area contributed by atoms with Gasteiger partial charge in [0.2, 0.25) is 6.41 Å². The van der Waals surface area contributed by atoms with E-state index in [1.54, 1.807) is 6.07 Å². The van der Waals surface area contributed by atoms with E-state index in [9.17, 15) is 4.79 Å². The van der Waals surface area contributed by atoms with Crippen molar-refractivity contribution in [3.8, 4) is 5.75 Å². The normalized spacial score (nSPS) is 14.5. The summed E-state index contributed by atoms with van der Waals surface area (Å²) in [5.74, 6) is 0.368. The highest BCUT2D eigenvalue weighted by Gasteiger charge is 2.08. The monoisotopic (exact) mass is 423 g/mol. The number of fused-ring (bicyclic) bond motifs is 1. The Kier molecular flexibility index (Phi) is 24.2. The molecule has 2 heterocycles. The fourth-order valence-corrected chi connectivity index (χ4v) is 2.93. The number of carbonyl (C=O) groups excluding carboxylic acids is 1. The second kappa shape index (κ2) is 23.7. The Morgan fingerprint density at radius 2 is 1.63 bits per heavy atom. The first-order chi connectivity index (χ1) is 14.6. The predicted octanol–water partition coefficient (Wildman–Crippen LogP) is 5.12. The number of hydrogen-bond donors (Lipinski definition) is 3. The van der Waals surface area contributed by atoms with Gasteiger partial charge in [0.25, 0.3) is 0 Å². The molecule has 0 atom stereocenters. The lowest BCUT2D eigenvalue weighted by atomic mass is 10.0. The first kappa shape index (κ1) is 30.6. The van der Waals surface area contributed by atoms with E-state index in [0.29, 0.717) is 5.75 Å². The molecule has 3 rings (SSSR count). The van der Waals surface area contributed by atoms with Gasteiger partial charge >= 0.3 is 0 Å². The molecule has 2 aliphatic heterocycles. The highest BCUT2D eigenvalue weighted by atomic mass is 16.3. The Morgan fingerprint density at radius 3 is 2.20 bits per heavy atom. The minimum atomic E-state index is 0.368. The first-order valence-electron chi connectivity index (χ1n) is 12.0. The molecule has 1 fully saturated rings. The van der Waals surface area contributed by atoms with Gasteiger partial charge in [-0.3, -0.25) is 4.79 Å². The molecule has 1 aromatic carbocycles. The van der Waals surface area contributed by atoms with Crippen LogP contribution in [0.15, 0.2) is 18.2 Å². The SMILES string of the molecule is CC.CCC.CCC.O=CNCCN1CCCCC1.Oc1ccc2c(c1)CNCC2. The van der Waals surface area contributed by atoms with Gasteiger partial charge in [0.15, 0.2) is 0 Å². The zero-order valence-electron chi connectivity index (χ0n) is 20.6. The van der Waals surface area contributed by atoms with Crippen LogP contribution in [0.2, 0.25) is 0 Å². The van der Waals surface area contributed by atoms with E-state index < -0.39 is 0 Å². The summed E-state index contributed by atoms with van der Waals surface area (Å²) in [6, 6.07) is 5.59. The molecule has 0 aliphatic carbocycles. The summed E-state index contributed by atoms with van der Waals surface area (Å²) >= 11 is 0. The number of aromatic hydroxyl groups is 1. The maximum Gasteiger partial charge on any atom is 0.207 e. The number of nitrogens with zero attached hydrogens (tertiary/aromatic N) is 1. The Balaban J connectivity index is 0. The van der Waals surface area contributed by atoms with Crippen LogP contribution in [-0.2, 0) is 17.8 Å². The van der Waals surface area contributed by atoms with Crippen molar-refractivity contribution in [2.24, 2.45) is 0 Å². The van der Waals surface area contributed by atoms with Crippen molar-refractivity contribution < 1.29 is 9.90 Å². The molecule has 0 bridgehead atoms. The second-order valence-electron chi connectivity index (χ2n) is 7.27. The minimum absolute atomic E-state index is 0.368. The number of benzene rings is 1. The molecule has 0 aromatic heterocycles. The summed E-state index contributed by atoms with van der Waals surface area (Å²) in [7, 11) is 0. The summed E-state index contributed by atoms with van der Waals surface area (Å²) < 4.78 is 0. The van der Waals surface area contributed by atoms with Gasteiger partial charge in [0, 0.05) is 19.6 Å². The van der Waals surface area contributed by atoms with Gasteiger partial charge in [0.1, 0.15) is 5.75 Å². The third kappa shape index (κ3) is 17.3. The molecule has 5 nitrogen and oxygen atoms in total. The molecule has 1 amide bonds. The van der Waals surface area contributed by atoms with Crippen LogP contribution in [0.5, 0.6) is 5.75 Å². The molecule has 5 heteroatoms. The van der Waals surface area contributed by atoms with Crippen molar-refractivity contribution in [3.05, 3.63) is 29.3 Å². The first-order valence-corrected chi connectivity index (χ1v) is 12.0. The highest BCUT2D eigenvalue weighted by Crippen LogP contribution is 2.18. The molecular formula is C25H49N3O2. The quantitative estimate of drug-likeness (QED) is 0.465. The summed E-state index contributed by atoms with van der Waals surface area (Å²) in [5.41, 5.74) is 2.60. The zero-order valence-corrected chi connectivity index (χ0v) is 20.6. The number of likely N-dealkylation sites (tertiary alicyclic amines) is 1. The van der Waals surface area contributed by atoms with Crippen LogP contribution >= 0.6 is 0 Å². The van der Waals surface area contributed by atoms with E-state index in [1.165, 1.54) is 56.3 Å². The van der Waals surface area contributed by atoms with Gasteiger partial charge in [-0.25, -0.2) is 0 Å². The smallest absolute Gasteiger partial charge is 0.207 e. The summed E-state index contributed by atoms with van der Waals surface area (Å²) in [6.45, 7) is 18.7. The highest BCUT2D eigenvalue weighted by molar-refractivity contribution is 5.45. The van der Waals surface area contributed by atoms with Crippen molar-refractivity contribution in [1.82, 2.24) is 15.5 Å². The van der Waals surface area contributed by atoms with Gasteiger partial charge in [-0.05, 0) is 62.2 Å². The molecule has 3 N–H and O–H groups in total. The second-order valence-corrected chi connectivity index (χ2v) is 7.27. The standard InChI is InChI=1S/C9H11NO.C8H16N2O.2C3H8.C2H6/c11-9-2-1-7-3-4-10-6-8(7)5-9;11-8-9-4-7-10-5-2-1-3-6-10;2*1-3-2;1-2/h1-2,5,10-11H,3-4,6H2;8H,1-7H2,(H,9,11);2*3H2,1-2H3;1-2H3. The Labute approximate surface area is 186 Å². The Bertz CT molecular complexity index is 487. The maximum atomic E-state index is 9.92. The van der Waals surface area contributed by atoms with E-state index in [0.717, 1.165) is 39.0 Å². The lowest BCUT2D eigenvalue weighted by molar-refractivity contribution is -0.109. The molecule has 30 heavy (non-hydrogen) atoms. The minimum Gasteiger partial charge on any atom is -0.508 e. The van der Waals surface area contributed by atoms with E-state index in [-0.39, 0.29) is 0 Å². The molecule has 1 aromatic rings. The lowest BCUT2D eigenvalue weighted by Gasteiger charge is -2.25. The van der Waals surface area contributed by atoms with Crippen LogP contribution in [0, 0.1) is 0 Å². The third-order valence-electron chi connectivity index (χ3n) is 4.18. The predicted molar refractivity (Wildman–Crippen MR) is 131 cm³/mol. The summed E-state index contributed by atoms with van der Waals surface area (Å²) in [6.07, 6.45) is 8.36. The number of phenols is 1. The van der Waals surface area contributed by atoms with Crippen LogP contribution in [0.1, 0.15) is 84.8 Å². The van der Waals surface area contributed by atoms with Gasteiger partial charge < -0.3 is 20.6 Å². The van der Waals surface area contributed by atoms with Crippen molar-refractivity contribution >= 4 is 6.41 Å². The lowest BCUT2D eigenvalue weighted by Crippen LogP contribution is -2.35. The van der Waals surface area contributed by atoms with Crippen molar-refractivity contribution in [3.63, 3.8) is 0 Å². The summed E-state index contributed by atoms with van der Waals surface area (Å²) in [4.78, 5) is 12.3. The molecule has 0 saturated carbocycles. The van der Waals surface area contributed by atoms with E-state index in [4.69, 9.17) is 5.11 Å². The number of phenolic OH excluding ortho intramolecular Hbond substituents is 1. The molecule has 176 valence electrons. The van der Waals surface area contributed by atoms with Crippen LogP contribution in [0.4, 0.5) is 0 Å². The fraction of sp³-hybridized carbons (Fsp3) is 0.720. The molecule has 0 unspecified atom stereocenters. The number of carbonyl (C=O) groups is 1. The topological polar surface area (TPSA) is 64.6 Å². The van der Waals surface area contributed by atoms with E-state index >= 15 is 0 Å². The van der Waals surface area contributed by atoms with Crippen LogP contribution in [-0.4, -0.2) is 49.1 Å². The van der Waals surface area contributed by atoms with Crippen molar-refractivity contribution in [1.29, 1.82) is 0 Å². The van der Waals surface area contributed by atoms with E-state index in [2.05, 4.69) is 43.2 Å². The van der Waals surface area contributed by atoms with Gasteiger partial charge in [-0.15, -0.1) is 0 Å². The number of nitrogens with one attached hydrogen (secondary N) is 2. The van der Waals surface area contributed by atoms with Crippen LogP contribution in [0.3, 0.4) is 0 Å². The van der Waals surface area contributed by atoms with Crippen LogP contribution < -0.4 is 10.6 Å². The largest absolute Gasteiger partial charge is 0.508 e. The summed E-state index contributed by atoms with van der Waals surface area (Å²) in [5, 5.41) is 15.1. The Morgan fingerprint density at radius 1 is 1.03 bits per heavy atom. The number of amides is 1. The average molecular weight is 424 g/mol. The zero-order chi connectivity index (χ0) is 23.0. The van der Waals surface area contributed by atoms with E-state index in [1.807, 2.05) is 26.0 Å². The Hall–Kier alpha value is -1.59. The number of rotatable bonds is 4. The fourth-order valence-electron chi connectivity index (χ4n) is 2.93. The van der Waals surface area contributed by atoms with Gasteiger partial charge in [0.05, 0.1) is 0 Å². The molecular weight excluding hydrogens is 374 g/mol. The number of hydrogen-bond acceptors (Lipinski definition) is 4.